The highest BCUT2D eigenvalue weighted by atomic mass is 35.5. The number of hydrogen-bond donors (Lipinski definition) is 0. The molecule has 0 aliphatic carbocycles. The van der Waals surface area contributed by atoms with Crippen LogP contribution in [0.25, 0.3) is 0 Å². The second kappa shape index (κ2) is 6.96. The summed E-state index contributed by atoms with van der Waals surface area (Å²) in [6, 6.07) is 4.09. The van der Waals surface area contributed by atoms with Crippen molar-refractivity contribution in [2.24, 2.45) is 5.92 Å². The van der Waals surface area contributed by atoms with Crippen LogP contribution in [0.1, 0.15) is 23.2 Å². The lowest BCUT2D eigenvalue weighted by molar-refractivity contribution is -0.384. The van der Waals surface area contributed by atoms with E-state index in [4.69, 9.17) is 11.6 Å². The molecule has 1 aromatic carbocycles. The number of likely N-dealkylation sites (tertiary alicyclic amines) is 1. The molecule has 2 heterocycles. The average Bonchev–Trinajstić information content (AvgIpc) is 3.07. The number of rotatable bonds is 4. The van der Waals surface area contributed by atoms with E-state index in [1.807, 2.05) is 0 Å². The Hall–Kier alpha value is -2.48. The predicted molar refractivity (Wildman–Crippen MR) is 86.8 cm³/mol. The molecule has 1 saturated heterocycles. The molecular weight excluding hydrogens is 334 g/mol. The largest absolute Gasteiger partial charge is 0.338 e. The minimum Gasteiger partial charge on any atom is -0.338 e. The van der Waals surface area contributed by atoms with E-state index in [0.29, 0.717) is 31.1 Å². The number of nitro benzene ring substituents is 1. The van der Waals surface area contributed by atoms with Gasteiger partial charge in [0.1, 0.15) is 17.7 Å². The number of halogens is 1. The van der Waals surface area contributed by atoms with Crippen LogP contribution in [0.5, 0.6) is 0 Å². The highest BCUT2D eigenvalue weighted by Crippen LogP contribution is 2.26. The maximum atomic E-state index is 12.6. The van der Waals surface area contributed by atoms with E-state index in [1.165, 1.54) is 24.5 Å². The number of nitrogens with zero attached hydrogens (tertiary/aromatic N) is 5. The Kier molecular flexibility index (Phi) is 4.75. The minimum atomic E-state index is -0.564. The van der Waals surface area contributed by atoms with E-state index < -0.39 is 4.92 Å². The number of hydrogen-bond acceptors (Lipinski definition) is 5. The molecule has 1 aliphatic heterocycles. The Labute approximate surface area is 143 Å². The number of carbonyl (C=O) groups is 1. The monoisotopic (exact) mass is 349 g/mol. The summed E-state index contributed by atoms with van der Waals surface area (Å²) in [4.78, 5) is 28.6. The molecule has 0 spiro atoms. The normalized spacial score (nSPS) is 17.7. The molecule has 0 bridgehead atoms. The van der Waals surface area contributed by atoms with E-state index in [1.54, 1.807) is 15.9 Å². The van der Waals surface area contributed by atoms with Crippen molar-refractivity contribution in [2.45, 2.75) is 19.4 Å². The molecule has 3 rings (SSSR count). The van der Waals surface area contributed by atoms with Crippen LogP contribution < -0.4 is 0 Å². The van der Waals surface area contributed by atoms with Crippen molar-refractivity contribution in [3.05, 3.63) is 51.6 Å². The topological polar surface area (TPSA) is 94.2 Å². The molecule has 1 aromatic heterocycles. The number of nitro groups is 1. The molecule has 0 unspecified atom stereocenters. The molecule has 1 aliphatic rings. The third kappa shape index (κ3) is 3.53. The highest BCUT2D eigenvalue weighted by Gasteiger charge is 2.26. The van der Waals surface area contributed by atoms with Gasteiger partial charge in [-0.3, -0.25) is 19.6 Å². The number of piperidine rings is 1. The first kappa shape index (κ1) is 16.4. The van der Waals surface area contributed by atoms with Crippen molar-refractivity contribution in [2.75, 3.05) is 13.1 Å². The fourth-order valence-electron chi connectivity index (χ4n) is 2.96. The molecule has 1 fully saturated rings. The van der Waals surface area contributed by atoms with Gasteiger partial charge in [0.25, 0.3) is 11.6 Å². The molecule has 8 nitrogen and oxygen atoms in total. The van der Waals surface area contributed by atoms with Gasteiger partial charge >= 0.3 is 0 Å². The van der Waals surface area contributed by atoms with Gasteiger partial charge < -0.3 is 4.90 Å². The summed E-state index contributed by atoms with van der Waals surface area (Å²) >= 11 is 5.90. The van der Waals surface area contributed by atoms with Crippen LogP contribution >= 0.6 is 11.6 Å². The predicted octanol–water partition coefficient (Wildman–Crippen LogP) is 2.39. The summed E-state index contributed by atoms with van der Waals surface area (Å²) in [5.41, 5.74) is 0.169. The van der Waals surface area contributed by atoms with Gasteiger partial charge in [-0.15, -0.1) is 0 Å². The van der Waals surface area contributed by atoms with Crippen LogP contribution in [-0.2, 0) is 6.54 Å². The van der Waals surface area contributed by atoms with Gasteiger partial charge in [0.2, 0.25) is 0 Å². The molecule has 9 heteroatoms. The van der Waals surface area contributed by atoms with E-state index in [2.05, 4.69) is 10.1 Å². The number of benzene rings is 1. The van der Waals surface area contributed by atoms with E-state index >= 15 is 0 Å². The lowest BCUT2D eigenvalue weighted by Crippen LogP contribution is -2.41. The molecule has 0 radical (unpaired) electrons. The maximum absolute atomic E-state index is 12.6. The lowest BCUT2D eigenvalue weighted by atomic mass is 9.97. The van der Waals surface area contributed by atoms with Crippen LogP contribution in [0.4, 0.5) is 5.69 Å². The Balaban J connectivity index is 1.70. The molecular formula is C15H16ClN5O3. The van der Waals surface area contributed by atoms with Crippen molar-refractivity contribution in [3.8, 4) is 0 Å². The number of aromatic nitrogens is 3. The number of amides is 1. The lowest BCUT2D eigenvalue weighted by Gasteiger charge is -2.32. The van der Waals surface area contributed by atoms with Crippen LogP contribution in [-0.4, -0.2) is 43.6 Å². The second-order valence-corrected chi connectivity index (χ2v) is 6.21. The third-order valence-corrected chi connectivity index (χ3v) is 4.41. The van der Waals surface area contributed by atoms with Crippen molar-refractivity contribution >= 4 is 23.2 Å². The van der Waals surface area contributed by atoms with Crippen molar-refractivity contribution in [1.29, 1.82) is 0 Å². The summed E-state index contributed by atoms with van der Waals surface area (Å²) in [7, 11) is 0. The van der Waals surface area contributed by atoms with Crippen LogP contribution in [0.15, 0.2) is 30.9 Å². The van der Waals surface area contributed by atoms with Crippen molar-refractivity contribution in [3.63, 3.8) is 0 Å². The molecule has 2 aromatic rings. The zero-order valence-corrected chi connectivity index (χ0v) is 13.6. The van der Waals surface area contributed by atoms with Gasteiger partial charge in [-0.05, 0) is 30.9 Å². The van der Waals surface area contributed by atoms with E-state index in [9.17, 15) is 14.9 Å². The first-order valence-electron chi connectivity index (χ1n) is 7.60. The summed E-state index contributed by atoms with van der Waals surface area (Å²) < 4.78 is 1.77. The summed E-state index contributed by atoms with van der Waals surface area (Å²) in [6.07, 6.45) is 5.08. The van der Waals surface area contributed by atoms with Crippen molar-refractivity contribution < 1.29 is 9.72 Å². The number of carbonyl (C=O) groups excluding carboxylic acids is 1. The first-order chi connectivity index (χ1) is 11.5. The first-order valence-corrected chi connectivity index (χ1v) is 7.98. The van der Waals surface area contributed by atoms with E-state index in [0.717, 1.165) is 12.8 Å². The third-order valence-electron chi connectivity index (χ3n) is 4.11. The zero-order valence-electron chi connectivity index (χ0n) is 12.8. The second-order valence-electron chi connectivity index (χ2n) is 5.80. The summed E-state index contributed by atoms with van der Waals surface area (Å²) in [5.74, 6) is 0.146. The maximum Gasteiger partial charge on any atom is 0.287 e. The Morgan fingerprint density at radius 3 is 2.96 bits per heavy atom. The average molecular weight is 350 g/mol. The minimum absolute atomic E-state index is 0.0259. The molecule has 0 N–H and O–H groups in total. The SMILES string of the molecule is O=C(c1ccc([N+](=O)[O-])c(Cl)c1)N1CCC[C@H](Cn2cncn2)C1. The standard InChI is InChI=1S/C15H16ClN5O3/c16-13-6-12(3-4-14(13)21(23)24)15(22)19-5-1-2-11(7-19)8-20-10-17-9-18-20/h3-4,6,9-11H,1-2,5,7-8H2/t11-/m0/s1. The van der Waals surface area contributed by atoms with Crippen LogP contribution in [0.2, 0.25) is 5.02 Å². The highest BCUT2D eigenvalue weighted by molar-refractivity contribution is 6.33. The van der Waals surface area contributed by atoms with Crippen molar-refractivity contribution in [1.82, 2.24) is 19.7 Å². The molecule has 1 amide bonds. The van der Waals surface area contributed by atoms with Gasteiger partial charge in [-0.1, -0.05) is 11.6 Å². The van der Waals surface area contributed by atoms with Gasteiger partial charge in [0.15, 0.2) is 0 Å². The van der Waals surface area contributed by atoms with Gasteiger partial charge in [0.05, 0.1) is 4.92 Å². The van der Waals surface area contributed by atoms with Gasteiger partial charge in [0, 0.05) is 31.3 Å². The smallest absolute Gasteiger partial charge is 0.287 e. The summed E-state index contributed by atoms with van der Waals surface area (Å²) in [5, 5.41) is 14.9. The Bertz CT molecular complexity index is 750. The fourth-order valence-corrected chi connectivity index (χ4v) is 3.21. The van der Waals surface area contributed by atoms with E-state index in [-0.39, 0.29) is 16.6 Å². The van der Waals surface area contributed by atoms with Crippen LogP contribution in [0.3, 0.4) is 0 Å². The Morgan fingerprint density at radius 2 is 2.29 bits per heavy atom. The van der Waals surface area contributed by atoms with Crippen LogP contribution in [0, 0.1) is 16.0 Å². The zero-order chi connectivity index (χ0) is 17.1. The molecule has 126 valence electrons. The summed E-state index contributed by atoms with van der Waals surface area (Å²) in [6.45, 7) is 2.00. The van der Waals surface area contributed by atoms with Gasteiger partial charge in [-0.2, -0.15) is 5.10 Å². The Morgan fingerprint density at radius 1 is 1.46 bits per heavy atom. The van der Waals surface area contributed by atoms with Gasteiger partial charge in [-0.25, -0.2) is 4.98 Å². The molecule has 1 atom stereocenters. The fraction of sp³-hybridized carbons (Fsp3) is 0.400. The quantitative estimate of drug-likeness (QED) is 0.624. The molecule has 24 heavy (non-hydrogen) atoms. The molecule has 0 saturated carbocycles.